The molecule has 0 aromatic carbocycles. The van der Waals surface area contributed by atoms with Crippen molar-refractivity contribution in [3.8, 4) is 0 Å². The van der Waals surface area contributed by atoms with E-state index in [1.807, 2.05) is 6.92 Å². The van der Waals surface area contributed by atoms with Gasteiger partial charge in [-0.3, -0.25) is 4.55 Å². The van der Waals surface area contributed by atoms with Crippen LogP contribution in [0.2, 0.25) is 0 Å². The molecule has 4 aliphatic carbocycles. The Labute approximate surface area is 171 Å². The smallest absolute Gasteiger partial charge is 0.460 e. The van der Waals surface area contributed by atoms with Gasteiger partial charge in [-0.15, -0.1) is 0 Å². The van der Waals surface area contributed by atoms with E-state index in [1.54, 1.807) is 0 Å². The van der Waals surface area contributed by atoms with Crippen LogP contribution in [0.4, 0.5) is 13.6 Å². The first-order valence-electron chi connectivity index (χ1n) is 9.51. The molecule has 30 heavy (non-hydrogen) atoms. The molecule has 166 valence electrons. The molecule has 1 N–H and O–H groups in total. The van der Waals surface area contributed by atoms with Gasteiger partial charge in [-0.2, -0.15) is 17.2 Å². The second-order valence-electron chi connectivity index (χ2n) is 9.41. The van der Waals surface area contributed by atoms with Crippen molar-refractivity contribution in [1.29, 1.82) is 0 Å². The number of hydrogen-bond donors (Lipinski definition) is 1. The number of hydrogen-bond acceptors (Lipinski definition) is 7. The Morgan fingerprint density at radius 3 is 2.60 bits per heavy atom. The lowest BCUT2D eigenvalue weighted by molar-refractivity contribution is -0.213. The molecule has 1 heterocycles. The molecule has 4 bridgehead atoms. The molecular weight excluding hydrogens is 426 g/mol. The standard InChI is InChI=1S/C18H22F2N2O7S/c1-15-4-12-5-16(7-15,10-28-13(23)18(19,20)30(25,26)27)9-17(6-12,8-15)29-14(24)22-3-2-21-11-22/h2-3,11-12H,4-10H2,1H3,(H,25,26,27). The van der Waals surface area contributed by atoms with Gasteiger partial charge >= 0.3 is 27.4 Å². The van der Waals surface area contributed by atoms with Gasteiger partial charge in [-0.05, 0) is 49.9 Å². The van der Waals surface area contributed by atoms with E-state index in [4.69, 9.17) is 14.0 Å². The third-order valence-corrected chi connectivity index (χ3v) is 7.32. The maximum absolute atomic E-state index is 13.6. The number of carbonyl (C=O) groups excluding carboxylic acids is 2. The quantitative estimate of drug-likeness (QED) is 0.538. The Bertz CT molecular complexity index is 983. The van der Waals surface area contributed by atoms with Crippen LogP contribution in [0.15, 0.2) is 18.7 Å². The molecule has 12 heteroatoms. The van der Waals surface area contributed by atoms with Crippen molar-refractivity contribution in [2.75, 3.05) is 6.61 Å². The summed E-state index contributed by atoms with van der Waals surface area (Å²) in [5.41, 5.74) is -1.77. The fourth-order valence-corrected chi connectivity index (χ4v) is 6.60. The maximum Gasteiger partial charge on any atom is 0.465 e. The summed E-state index contributed by atoms with van der Waals surface area (Å²) in [6.45, 7) is 1.59. The summed E-state index contributed by atoms with van der Waals surface area (Å²) >= 11 is 0. The van der Waals surface area contributed by atoms with Crippen molar-refractivity contribution in [2.45, 2.75) is 56.3 Å². The van der Waals surface area contributed by atoms with Gasteiger partial charge in [0.25, 0.3) is 0 Å². The van der Waals surface area contributed by atoms with Crippen molar-refractivity contribution in [1.82, 2.24) is 9.55 Å². The number of esters is 1. The van der Waals surface area contributed by atoms with Crippen LogP contribution in [-0.4, -0.2) is 52.0 Å². The number of nitrogens with zero attached hydrogens (tertiary/aromatic N) is 2. The first-order valence-corrected chi connectivity index (χ1v) is 10.9. The average Bonchev–Trinajstić information content (AvgIpc) is 3.10. The van der Waals surface area contributed by atoms with Crippen LogP contribution in [0.5, 0.6) is 0 Å². The minimum absolute atomic E-state index is 0.155. The molecule has 4 atom stereocenters. The molecule has 0 saturated heterocycles. The largest absolute Gasteiger partial charge is 0.465 e. The Morgan fingerprint density at radius 1 is 1.27 bits per heavy atom. The van der Waals surface area contributed by atoms with Gasteiger partial charge in [0.2, 0.25) is 0 Å². The highest BCUT2D eigenvalue weighted by atomic mass is 32.2. The van der Waals surface area contributed by atoms with E-state index >= 15 is 0 Å². The fraction of sp³-hybridized carbons (Fsp3) is 0.722. The average molecular weight is 448 g/mol. The highest BCUT2D eigenvalue weighted by Crippen LogP contribution is 2.67. The molecule has 1 aromatic heterocycles. The molecule has 4 unspecified atom stereocenters. The van der Waals surface area contributed by atoms with E-state index in [1.165, 1.54) is 23.3 Å². The summed E-state index contributed by atoms with van der Waals surface area (Å²) in [7, 11) is -5.93. The zero-order valence-corrected chi connectivity index (χ0v) is 17.0. The predicted octanol–water partition coefficient (Wildman–Crippen LogP) is 2.62. The lowest BCUT2D eigenvalue weighted by atomic mass is 9.43. The van der Waals surface area contributed by atoms with E-state index in [0.717, 1.165) is 6.42 Å². The highest BCUT2D eigenvalue weighted by molar-refractivity contribution is 7.87. The number of halogens is 2. The van der Waals surface area contributed by atoms with Crippen molar-refractivity contribution < 1.29 is 40.8 Å². The van der Waals surface area contributed by atoms with Crippen LogP contribution in [0.1, 0.15) is 45.4 Å². The van der Waals surface area contributed by atoms with Crippen LogP contribution in [-0.2, 0) is 24.4 Å². The van der Waals surface area contributed by atoms with Crippen LogP contribution in [0.3, 0.4) is 0 Å². The molecule has 0 spiro atoms. The number of alkyl halides is 2. The fourth-order valence-electron chi connectivity index (χ4n) is 6.33. The monoisotopic (exact) mass is 448 g/mol. The summed E-state index contributed by atoms with van der Waals surface area (Å²) in [6, 6.07) is 0. The van der Waals surface area contributed by atoms with Gasteiger partial charge in [0.1, 0.15) is 11.9 Å². The molecule has 4 aliphatic rings. The number of rotatable bonds is 5. The molecule has 4 fully saturated rings. The number of ether oxygens (including phenoxy) is 2. The third kappa shape index (κ3) is 3.49. The van der Waals surface area contributed by atoms with Crippen molar-refractivity contribution >= 4 is 22.2 Å². The lowest BCUT2D eigenvalue weighted by Crippen LogP contribution is -2.62. The van der Waals surface area contributed by atoms with Crippen LogP contribution >= 0.6 is 0 Å². The number of aromatic nitrogens is 2. The van der Waals surface area contributed by atoms with Gasteiger partial charge in [0.15, 0.2) is 0 Å². The van der Waals surface area contributed by atoms with Crippen molar-refractivity contribution in [2.24, 2.45) is 16.7 Å². The van der Waals surface area contributed by atoms with Gasteiger partial charge in [-0.25, -0.2) is 19.1 Å². The topological polar surface area (TPSA) is 125 Å². The van der Waals surface area contributed by atoms with Crippen LogP contribution in [0.25, 0.3) is 0 Å². The van der Waals surface area contributed by atoms with Crippen LogP contribution in [0, 0.1) is 16.7 Å². The summed E-state index contributed by atoms with van der Waals surface area (Å²) < 4.78 is 69.1. The number of imidazole rings is 1. The van der Waals surface area contributed by atoms with E-state index < -0.39 is 45.1 Å². The minimum atomic E-state index is -5.93. The Morgan fingerprint density at radius 2 is 2.00 bits per heavy atom. The second-order valence-corrected chi connectivity index (χ2v) is 10.9. The summed E-state index contributed by atoms with van der Waals surface area (Å²) in [4.78, 5) is 28.0. The van der Waals surface area contributed by atoms with Gasteiger partial charge in [0, 0.05) is 17.8 Å². The maximum atomic E-state index is 13.6. The highest BCUT2D eigenvalue weighted by Gasteiger charge is 2.64. The first-order chi connectivity index (χ1) is 13.8. The SMILES string of the molecule is CC12CC3CC(COC(=O)C(F)(F)S(=O)(=O)O)(C1)CC(OC(=O)n1ccnc1)(C3)C2. The van der Waals surface area contributed by atoms with Gasteiger partial charge < -0.3 is 9.47 Å². The second kappa shape index (κ2) is 6.46. The van der Waals surface area contributed by atoms with Crippen molar-refractivity contribution in [3.63, 3.8) is 0 Å². The molecule has 1 aromatic rings. The molecule has 0 amide bonds. The Kier molecular flexibility index (Phi) is 4.56. The molecule has 0 radical (unpaired) electrons. The van der Waals surface area contributed by atoms with Crippen LogP contribution < -0.4 is 0 Å². The molecule has 5 rings (SSSR count). The first kappa shape index (κ1) is 21.2. The minimum Gasteiger partial charge on any atom is -0.460 e. The summed E-state index contributed by atoms with van der Waals surface area (Å²) in [5, 5.41) is -5.04. The van der Waals surface area contributed by atoms with Gasteiger partial charge in [0.05, 0.1) is 6.61 Å². The zero-order chi connectivity index (χ0) is 22.0. The summed E-state index contributed by atoms with van der Waals surface area (Å²) in [5.74, 6) is -2.15. The molecule has 4 saturated carbocycles. The van der Waals surface area contributed by atoms with E-state index in [0.29, 0.717) is 32.1 Å². The van der Waals surface area contributed by atoms with Gasteiger partial charge in [-0.1, -0.05) is 6.92 Å². The number of carbonyl (C=O) groups is 2. The molecule has 9 nitrogen and oxygen atoms in total. The lowest BCUT2D eigenvalue weighted by Gasteiger charge is -2.64. The Balaban J connectivity index is 1.54. The summed E-state index contributed by atoms with van der Waals surface area (Å²) in [6.07, 6.45) is 7.23. The normalized spacial score (nSPS) is 35.3. The molecule has 0 aliphatic heterocycles. The predicted molar refractivity (Wildman–Crippen MR) is 96.0 cm³/mol. The van der Waals surface area contributed by atoms with E-state index in [-0.39, 0.29) is 11.3 Å². The zero-order valence-electron chi connectivity index (χ0n) is 16.2. The van der Waals surface area contributed by atoms with Crippen molar-refractivity contribution in [3.05, 3.63) is 18.7 Å². The van der Waals surface area contributed by atoms with E-state index in [2.05, 4.69) is 4.98 Å². The Hall–Kier alpha value is -2.08. The molecular formula is C18H22F2N2O7S. The third-order valence-electron chi connectivity index (χ3n) is 6.50. The van der Waals surface area contributed by atoms with E-state index in [9.17, 15) is 26.8 Å².